The molecule has 1 aliphatic heterocycles. The standard InChI is InChI=1S/C22H21ClN4O3/c23-17-10-13(22(29)30)7-8-15(17)14-4-3-9-27(12-14)19-11-18(25-26-21(19)24)16-5-1-2-6-20(16)28/h1-2,5-8,10-11,14,28H,3-4,9,12H2,(H2,24,26)(H,29,30)/t14-/m0/s1. The zero-order valence-corrected chi connectivity index (χ0v) is 16.9. The molecule has 7 nitrogen and oxygen atoms in total. The topological polar surface area (TPSA) is 113 Å². The van der Waals surface area contributed by atoms with Crippen molar-refractivity contribution in [3.05, 3.63) is 64.7 Å². The van der Waals surface area contributed by atoms with Gasteiger partial charge in [0.05, 0.1) is 16.9 Å². The van der Waals surface area contributed by atoms with Gasteiger partial charge in [0.25, 0.3) is 0 Å². The minimum Gasteiger partial charge on any atom is -0.507 e. The largest absolute Gasteiger partial charge is 0.507 e. The number of carboxylic acid groups (broad SMARTS) is 1. The number of aromatic hydroxyl groups is 1. The first-order valence-electron chi connectivity index (χ1n) is 9.63. The first kappa shape index (κ1) is 20.0. The fourth-order valence-electron chi connectivity index (χ4n) is 3.91. The molecule has 1 aromatic heterocycles. The molecule has 1 saturated heterocycles. The Labute approximate surface area is 178 Å². The van der Waals surface area contributed by atoms with Gasteiger partial charge in [-0.1, -0.05) is 29.8 Å². The molecule has 1 aliphatic rings. The predicted octanol–water partition coefficient (Wildman–Crippen LogP) is 4.17. The number of nitrogens with two attached hydrogens (primary N) is 1. The number of nitrogen functional groups attached to an aromatic ring is 1. The van der Waals surface area contributed by atoms with E-state index in [0.717, 1.165) is 30.6 Å². The molecule has 1 fully saturated rings. The van der Waals surface area contributed by atoms with Crippen LogP contribution in [-0.2, 0) is 0 Å². The number of rotatable bonds is 4. The number of aromatic carboxylic acids is 1. The SMILES string of the molecule is Nc1nnc(-c2ccccc2O)cc1N1CCC[C@H](c2ccc(C(=O)O)cc2Cl)C1. The normalized spacial score (nSPS) is 16.4. The van der Waals surface area contributed by atoms with Gasteiger partial charge in [-0.15, -0.1) is 10.2 Å². The number of anilines is 2. The van der Waals surface area contributed by atoms with Crippen LogP contribution in [0.1, 0.15) is 34.7 Å². The monoisotopic (exact) mass is 424 g/mol. The average molecular weight is 425 g/mol. The maximum Gasteiger partial charge on any atom is 0.335 e. The molecule has 3 aromatic rings. The number of para-hydroxylation sites is 1. The summed E-state index contributed by atoms with van der Waals surface area (Å²) in [6.45, 7) is 1.47. The van der Waals surface area contributed by atoms with Gasteiger partial charge in [0.2, 0.25) is 0 Å². The average Bonchev–Trinajstić information content (AvgIpc) is 2.74. The van der Waals surface area contributed by atoms with Crippen LogP contribution in [0.3, 0.4) is 0 Å². The minimum atomic E-state index is -0.999. The Balaban J connectivity index is 1.63. The molecule has 0 radical (unpaired) electrons. The Bertz CT molecular complexity index is 1110. The van der Waals surface area contributed by atoms with Gasteiger partial charge in [-0.05, 0) is 48.7 Å². The van der Waals surface area contributed by atoms with Crippen molar-refractivity contribution < 1.29 is 15.0 Å². The first-order valence-corrected chi connectivity index (χ1v) is 10.0. The number of phenols is 1. The zero-order chi connectivity index (χ0) is 21.3. The number of piperidine rings is 1. The second-order valence-electron chi connectivity index (χ2n) is 7.34. The summed E-state index contributed by atoms with van der Waals surface area (Å²) in [7, 11) is 0. The summed E-state index contributed by atoms with van der Waals surface area (Å²) < 4.78 is 0. The maximum absolute atomic E-state index is 11.2. The highest BCUT2D eigenvalue weighted by Gasteiger charge is 2.26. The third-order valence-corrected chi connectivity index (χ3v) is 5.76. The molecule has 4 N–H and O–H groups in total. The van der Waals surface area contributed by atoms with Gasteiger partial charge < -0.3 is 20.8 Å². The number of benzene rings is 2. The van der Waals surface area contributed by atoms with Crippen LogP contribution in [0.5, 0.6) is 5.75 Å². The van der Waals surface area contributed by atoms with E-state index in [1.807, 2.05) is 12.1 Å². The molecule has 1 atom stereocenters. The molecule has 154 valence electrons. The van der Waals surface area contributed by atoms with E-state index < -0.39 is 5.97 Å². The molecule has 8 heteroatoms. The highest BCUT2D eigenvalue weighted by atomic mass is 35.5. The van der Waals surface area contributed by atoms with Crippen LogP contribution >= 0.6 is 11.6 Å². The molecule has 0 unspecified atom stereocenters. The van der Waals surface area contributed by atoms with E-state index in [4.69, 9.17) is 22.4 Å². The van der Waals surface area contributed by atoms with Crippen molar-refractivity contribution in [3.63, 3.8) is 0 Å². The molecular formula is C22H21ClN4O3. The van der Waals surface area contributed by atoms with Crippen LogP contribution in [0, 0.1) is 0 Å². The molecule has 4 rings (SSSR count). The van der Waals surface area contributed by atoms with E-state index in [2.05, 4.69) is 15.1 Å². The van der Waals surface area contributed by atoms with Gasteiger partial charge in [0, 0.05) is 29.6 Å². The molecule has 2 aromatic carbocycles. The molecular weight excluding hydrogens is 404 g/mol. The van der Waals surface area contributed by atoms with Gasteiger partial charge in [0.15, 0.2) is 5.82 Å². The van der Waals surface area contributed by atoms with Crippen LogP contribution in [0.25, 0.3) is 11.3 Å². The minimum absolute atomic E-state index is 0.129. The van der Waals surface area contributed by atoms with E-state index in [0.29, 0.717) is 28.6 Å². The number of carboxylic acids is 1. The smallest absolute Gasteiger partial charge is 0.335 e. The quantitative estimate of drug-likeness (QED) is 0.576. The molecule has 2 heterocycles. The van der Waals surface area contributed by atoms with E-state index in [1.54, 1.807) is 30.3 Å². The summed E-state index contributed by atoms with van der Waals surface area (Å²) in [5, 5.41) is 28.0. The number of aromatic nitrogens is 2. The Hall–Kier alpha value is -3.32. The second kappa shape index (κ2) is 8.20. The number of halogens is 1. The zero-order valence-electron chi connectivity index (χ0n) is 16.1. The highest BCUT2D eigenvalue weighted by molar-refractivity contribution is 6.31. The van der Waals surface area contributed by atoms with Crippen molar-refractivity contribution in [1.29, 1.82) is 0 Å². The summed E-state index contributed by atoms with van der Waals surface area (Å²) in [5.41, 5.74) is 9.12. The van der Waals surface area contributed by atoms with Gasteiger partial charge in [-0.2, -0.15) is 0 Å². The van der Waals surface area contributed by atoms with E-state index in [1.165, 1.54) is 6.07 Å². The number of phenolic OH excluding ortho intramolecular Hbond substituents is 1. The van der Waals surface area contributed by atoms with E-state index in [-0.39, 0.29) is 17.2 Å². The lowest BCUT2D eigenvalue weighted by molar-refractivity contribution is 0.0697. The number of nitrogens with zero attached hydrogens (tertiary/aromatic N) is 3. The highest BCUT2D eigenvalue weighted by Crippen LogP contribution is 2.37. The van der Waals surface area contributed by atoms with E-state index in [9.17, 15) is 9.90 Å². The summed E-state index contributed by atoms with van der Waals surface area (Å²) >= 11 is 6.40. The molecule has 30 heavy (non-hydrogen) atoms. The van der Waals surface area contributed by atoms with Crippen LogP contribution in [0.4, 0.5) is 11.5 Å². The predicted molar refractivity (Wildman–Crippen MR) is 116 cm³/mol. The van der Waals surface area contributed by atoms with E-state index >= 15 is 0 Å². The Morgan fingerprint density at radius 2 is 1.97 bits per heavy atom. The van der Waals surface area contributed by atoms with Crippen LogP contribution in [-0.4, -0.2) is 39.5 Å². The molecule has 0 bridgehead atoms. The van der Waals surface area contributed by atoms with Crippen LogP contribution < -0.4 is 10.6 Å². The number of carbonyl (C=O) groups is 1. The van der Waals surface area contributed by atoms with Crippen molar-refractivity contribution in [2.24, 2.45) is 0 Å². The van der Waals surface area contributed by atoms with Gasteiger partial charge >= 0.3 is 5.97 Å². The van der Waals surface area contributed by atoms with Crippen molar-refractivity contribution in [2.45, 2.75) is 18.8 Å². The molecule has 0 saturated carbocycles. The van der Waals surface area contributed by atoms with Crippen LogP contribution in [0.2, 0.25) is 5.02 Å². The van der Waals surface area contributed by atoms with Crippen LogP contribution in [0.15, 0.2) is 48.5 Å². The number of hydrogen-bond donors (Lipinski definition) is 3. The summed E-state index contributed by atoms with van der Waals surface area (Å²) in [6.07, 6.45) is 1.86. The second-order valence-corrected chi connectivity index (χ2v) is 7.75. The summed E-state index contributed by atoms with van der Waals surface area (Å²) in [6, 6.07) is 13.7. The Morgan fingerprint density at radius 1 is 1.17 bits per heavy atom. The lowest BCUT2D eigenvalue weighted by Gasteiger charge is -2.35. The Kier molecular flexibility index (Phi) is 5.46. The van der Waals surface area contributed by atoms with Crippen molar-refractivity contribution in [2.75, 3.05) is 23.7 Å². The van der Waals surface area contributed by atoms with Gasteiger partial charge in [-0.25, -0.2) is 4.79 Å². The summed E-state index contributed by atoms with van der Waals surface area (Å²) in [4.78, 5) is 13.3. The fraction of sp³-hybridized carbons (Fsp3) is 0.227. The van der Waals surface area contributed by atoms with Gasteiger partial charge in [-0.3, -0.25) is 0 Å². The lowest BCUT2D eigenvalue weighted by Crippen LogP contribution is -2.35. The third-order valence-electron chi connectivity index (χ3n) is 5.43. The molecule has 0 amide bonds. The maximum atomic E-state index is 11.2. The van der Waals surface area contributed by atoms with Crippen molar-refractivity contribution in [1.82, 2.24) is 10.2 Å². The van der Waals surface area contributed by atoms with Crippen molar-refractivity contribution in [3.8, 4) is 17.0 Å². The molecule has 0 aliphatic carbocycles. The lowest BCUT2D eigenvalue weighted by atomic mass is 9.89. The number of hydrogen-bond acceptors (Lipinski definition) is 6. The Morgan fingerprint density at radius 3 is 2.70 bits per heavy atom. The third kappa shape index (κ3) is 3.89. The fourth-order valence-corrected chi connectivity index (χ4v) is 4.24. The van der Waals surface area contributed by atoms with Crippen molar-refractivity contribution >= 4 is 29.1 Å². The summed E-state index contributed by atoms with van der Waals surface area (Å²) in [5.74, 6) is -0.414. The molecule has 0 spiro atoms. The van der Waals surface area contributed by atoms with Gasteiger partial charge in [0.1, 0.15) is 5.75 Å². The first-order chi connectivity index (χ1) is 14.4.